The summed E-state index contributed by atoms with van der Waals surface area (Å²) in [6, 6.07) is 3.05. The van der Waals surface area contributed by atoms with Gasteiger partial charge in [-0.1, -0.05) is 0 Å². The van der Waals surface area contributed by atoms with E-state index in [0.717, 1.165) is 11.3 Å². The summed E-state index contributed by atoms with van der Waals surface area (Å²) in [4.78, 5) is 22.5. The van der Waals surface area contributed by atoms with Gasteiger partial charge in [0.2, 0.25) is 0 Å². The van der Waals surface area contributed by atoms with Crippen molar-refractivity contribution in [1.29, 1.82) is 5.26 Å². The van der Waals surface area contributed by atoms with Gasteiger partial charge in [0.25, 0.3) is 5.69 Å². The predicted molar refractivity (Wildman–Crippen MR) is 65.9 cm³/mol. The maximum Gasteiger partial charge on any atom is 0.348 e. The summed E-state index contributed by atoms with van der Waals surface area (Å²) in [7, 11) is 0. The van der Waals surface area contributed by atoms with Crippen LogP contribution in [0.25, 0.3) is 6.08 Å². The first-order valence-electron chi connectivity index (χ1n) is 5.03. The second kappa shape index (κ2) is 5.93. The van der Waals surface area contributed by atoms with E-state index in [0.29, 0.717) is 9.75 Å². The van der Waals surface area contributed by atoms with Gasteiger partial charge in [-0.2, -0.15) is 5.26 Å². The molecule has 0 spiro atoms. The molecule has 0 aliphatic carbocycles. The second-order valence-electron chi connectivity index (χ2n) is 3.24. The third-order valence-electron chi connectivity index (χ3n) is 2.01. The number of nitriles is 1. The Morgan fingerprint density at radius 3 is 2.83 bits per heavy atom. The van der Waals surface area contributed by atoms with Crippen molar-refractivity contribution in [3.63, 3.8) is 0 Å². The zero-order valence-electron chi connectivity index (χ0n) is 9.80. The van der Waals surface area contributed by atoms with E-state index in [2.05, 4.69) is 0 Å². The van der Waals surface area contributed by atoms with Crippen LogP contribution >= 0.6 is 11.3 Å². The van der Waals surface area contributed by atoms with E-state index < -0.39 is 10.9 Å². The van der Waals surface area contributed by atoms with Gasteiger partial charge < -0.3 is 4.74 Å². The number of hydrogen-bond donors (Lipinski definition) is 0. The molecule has 0 N–H and O–H groups in total. The molecule has 0 amide bonds. The maximum atomic E-state index is 11.4. The Bertz CT molecular complexity index is 554. The number of hydrogen-bond acceptors (Lipinski definition) is 6. The van der Waals surface area contributed by atoms with Gasteiger partial charge in [0.05, 0.1) is 16.4 Å². The van der Waals surface area contributed by atoms with Crippen LogP contribution in [0.3, 0.4) is 0 Å². The van der Waals surface area contributed by atoms with Crippen LogP contribution in [0, 0.1) is 28.4 Å². The summed E-state index contributed by atoms with van der Waals surface area (Å²) in [5, 5.41) is 19.5. The minimum atomic E-state index is -0.728. The molecule has 0 bridgehead atoms. The number of nitro groups is 1. The minimum absolute atomic E-state index is 0.0209. The number of rotatable bonds is 4. The highest BCUT2D eigenvalue weighted by atomic mass is 32.1. The number of esters is 1. The van der Waals surface area contributed by atoms with Gasteiger partial charge in [-0.15, -0.1) is 11.3 Å². The first kappa shape index (κ1) is 13.9. The van der Waals surface area contributed by atoms with Crippen molar-refractivity contribution in [3.8, 4) is 6.07 Å². The molecule has 0 aliphatic heterocycles. The van der Waals surface area contributed by atoms with Gasteiger partial charge >= 0.3 is 5.97 Å². The Hall–Kier alpha value is -2.20. The van der Waals surface area contributed by atoms with Crippen molar-refractivity contribution in [1.82, 2.24) is 0 Å². The number of ether oxygens (including phenoxy) is 1. The molecule has 6 nitrogen and oxygen atoms in total. The molecule has 1 aromatic rings. The van der Waals surface area contributed by atoms with Crippen LogP contribution in [0.15, 0.2) is 11.6 Å². The van der Waals surface area contributed by atoms with Crippen molar-refractivity contribution in [2.75, 3.05) is 6.61 Å². The summed E-state index contributed by atoms with van der Waals surface area (Å²) in [6.45, 7) is 3.41. The standard InChI is InChI=1S/C11H10N2O4S/c1-3-17-11(14)8(6-12)4-9-5-10(13(15)16)7(2)18-9/h4-5H,3H2,1-2H3/b8-4-. The third kappa shape index (κ3) is 3.15. The number of nitrogens with zero attached hydrogens (tertiary/aromatic N) is 2. The van der Waals surface area contributed by atoms with E-state index in [1.165, 1.54) is 12.1 Å². The van der Waals surface area contributed by atoms with Crippen LogP contribution in [-0.4, -0.2) is 17.5 Å². The Morgan fingerprint density at radius 2 is 2.39 bits per heavy atom. The smallest absolute Gasteiger partial charge is 0.348 e. The highest BCUT2D eigenvalue weighted by molar-refractivity contribution is 7.13. The molecule has 0 aliphatic rings. The molecule has 0 aromatic carbocycles. The summed E-state index contributed by atoms with van der Waals surface area (Å²) in [5.41, 5.74) is -0.194. The molecule has 0 unspecified atom stereocenters. The molecule has 18 heavy (non-hydrogen) atoms. The van der Waals surface area contributed by atoms with Crippen LogP contribution in [0.2, 0.25) is 0 Å². The molecular formula is C11H10N2O4S. The first-order chi connectivity index (χ1) is 8.49. The quantitative estimate of drug-likeness (QED) is 0.274. The summed E-state index contributed by atoms with van der Waals surface area (Å²) in [5.74, 6) is -0.728. The number of aryl methyl sites for hydroxylation is 1. The molecule has 0 saturated heterocycles. The predicted octanol–water partition coefficient (Wildman–Crippen LogP) is 2.43. The lowest BCUT2D eigenvalue weighted by Gasteiger charge is -1.97. The van der Waals surface area contributed by atoms with E-state index >= 15 is 0 Å². The van der Waals surface area contributed by atoms with Crippen molar-refractivity contribution in [2.45, 2.75) is 13.8 Å². The van der Waals surface area contributed by atoms with Gasteiger partial charge in [-0.25, -0.2) is 4.79 Å². The Labute approximate surface area is 107 Å². The van der Waals surface area contributed by atoms with Gasteiger partial charge in [0, 0.05) is 10.9 Å². The Morgan fingerprint density at radius 1 is 1.72 bits per heavy atom. The van der Waals surface area contributed by atoms with E-state index in [1.54, 1.807) is 19.9 Å². The van der Waals surface area contributed by atoms with Gasteiger partial charge in [-0.05, 0) is 19.9 Å². The van der Waals surface area contributed by atoms with E-state index in [1.807, 2.05) is 0 Å². The molecule has 1 heterocycles. The van der Waals surface area contributed by atoms with Gasteiger partial charge in [0.15, 0.2) is 0 Å². The lowest BCUT2D eigenvalue weighted by atomic mass is 10.2. The number of carbonyl (C=O) groups excluding carboxylic acids is 1. The van der Waals surface area contributed by atoms with Gasteiger partial charge in [-0.3, -0.25) is 10.1 Å². The van der Waals surface area contributed by atoms with Crippen molar-refractivity contribution in [2.24, 2.45) is 0 Å². The topological polar surface area (TPSA) is 93.2 Å². The molecule has 0 fully saturated rings. The molecule has 94 valence electrons. The molecule has 0 radical (unpaired) electrons. The molecule has 1 aromatic heterocycles. The third-order valence-corrected chi connectivity index (χ3v) is 3.00. The minimum Gasteiger partial charge on any atom is -0.462 e. The van der Waals surface area contributed by atoms with Crippen LogP contribution < -0.4 is 0 Å². The average molecular weight is 266 g/mol. The molecular weight excluding hydrogens is 256 g/mol. The van der Waals surface area contributed by atoms with Crippen LogP contribution in [-0.2, 0) is 9.53 Å². The SMILES string of the molecule is CCOC(=O)/C(C#N)=C\c1cc([N+](=O)[O-])c(C)s1. The van der Waals surface area contributed by atoms with Crippen LogP contribution in [0.5, 0.6) is 0 Å². The normalized spacial score (nSPS) is 10.8. The molecule has 7 heteroatoms. The fourth-order valence-corrected chi connectivity index (χ4v) is 2.17. The lowest BCUT2D eigenvalue weighted by molar-refractivity contribution is -0.385. The fraction of sp³-hybridized carbons (Fsp3) is 0.273. The zero-order valence-corrected chi connectivity index (χ0v) is 10.6. The fourth-order valence-electron chi connectivity index (χ4n) is 1.24. The largest absolute Gasteiger partial charge is 0.462 e. The molecule has 1 rings (SSSR count). The first-order valence-corrected chi connectivity index (χ1v) is 5.85. The van der Waals surface area contributed by atoms with E-state index in [4.69, 9.17) is 10.00 Å². The number of carbonyl (C=O) groups is 1. The van der Waals surface area contributed by atoms with Crippen LogP contribution in [0.4, 0.5) is 5.69 Å². The average Bonchev–Trinajstić information content (AvgIpc) is 2.67. The zero-order chi connectivity index (χ0) is 13.7. The Balaban J connectivity index is 3.08. The maximum absolute atomic E-state index is 11.4. The summed E-state index contributed by atoms with van der Waals surface area (Å²) in [6.07, 6.45) is 1.29. The van der Waals surface area contributed by atoms with E-state index in [9.17, 15) is 14.9 Å². The highest BCUT2D eigenvalue weighted by Crippen LogP contribution is 2.29. The second-order valence-corrected chi connectivity index (χ2v) is 4.53. The summed E-state index contributed by atoms with van der Waals surface area (Å²) < 4.78 is 4.69. The Kier molecular flexibility index (Phi) is 4.57. The lowest BCUT2D eigenvalue weighted by Crippen LogP contribution is -2.05. The van der Waals surface area contributed by atoms with Gasteiger partial charge in [0.1, 0.15) is 11.6 Å². The van der Waals surface area contributed by atoms with Crippen molar-refractivity contribution >= 4 is 29.1 Å². The molecule has 0 saturated carbocycles. The molecule has 0 atom stereocenters. The number of thiophene rings is 1. The highest BCUT2D eigenvalue weighted by Gasteiger charge is 2.16. The van der Waals surface area contributed by atoms with Crippen LogP contribution in [0.1, 0.15) is 16.7 Å². The van der Waals surface area contributed by atoms with Crippen molar-refractivity contribution in [3.05, 3.63) is 31.5 Å². The van der Waals surface area contributed by atoms with Crippen molar-refractivity contribution < 1.29 is 14.5 Å². The van der Waals surface area contributed by atoms with E-state index in [-0.39, 0.29) is 17.9 Å². The summed E-state index contributed by atoms with van der Waals surface area (Å²) >= 11 is 1.14. The monoisotopic (exact) mass is 266 g/mol.